The fourth-order valence-corrected chi connectivity index (χ4v) is 3.02. The second-order valence-electron chi connectivity index (χ2n) is 5.84. The van der Waals surface area contributed by atoms with E-state index in [2.05, 4.69) is 23.9 Å². The molecule has 21 heavy (non-hydrogen) atoms. The van der Waals surface area contributed by atoms with Crippen molar-refractivity contribution in [2.75, 3.05) is 34.3 Å². The van der Waals surface area contributed by atoms with E-state index in [-0.39, 0.29) is 0 Å². The van der Waals surface area contributed by atoms with E-state index in [1.54, 1.807) is 7.11 Å². The topological polar surface area (TPSA) is 41.7 Å². The molecule has 2 rings (SSSR count). The number of hydrogen-bond acceptors (Lipinski definition) is 4. The van der Waals surface area contributed by atoms with Gasteiger partial charge in [-0.25, -0.2) is 0 Å². The average Bonchev–Trinajstić information content (AvgIpc) is 2.47. The highest BCUT2D eigenvalue weighted by Crippen LogP contribution is 2.24. The highest BCUT2D eigenvalue weighted by atomic mass is 32.1. The summed E-state index contributed by atoms with van der Waals surface area (Å²) in [6, 6.07) is 6.54. The normalized spacial score (nSPS) is 17.1. The van der Waals surface area contributed by atoms with E-state index in [0.717, 1.165) is 23.4 Å². The molecule has 0 unspecified atom stereocenters. The van der Waals surface area contributed by atoms with Crippen LogP contribution in [-0.4, -0.2) is 55.1 Å². The first-order valence-corrected chi connectivity index (χ1v) is 7.77. The summed E-state index contributed by atoms with van der Waals surface area (Å²) in [6.07, 6.45) is 2.43. The number of likely N-dealkylation sites (tertiary alicyclic amines) is 1. The molecule has 1 aliphatic heterocycles. The van der Waals surface area contributed by atoms with Crippen LogP contribution >= 0.6 is 12.2 Å². The zero-order chi connectivity index (χ0) is 15.4. The maximum absolute atomic E-state index is 5.73. The minimum atomic E-state index is 0.431. The summed E-state index contributed by atoms with van der Waals surface area (Å²) in [5.74, 6) is 0.898. The molecule has 0 radical (unpaired) electrons. The second kappa shape index (κ2) is 7.20. The lowest BCUT2D eigenvalue weighted by Crippen LogP contribution is -2.41. The lowest BCUT2D eigenvalue weighted by molar-refractivity contribution is 0.138. The van der Waals surface area contributed by atoms with Crippen LogP contribution < -0.4 is 10.5 Å². The summed E-state index contributed by atoms with van der Waals surface area (Å²) < 4.78 is 5.47. The van der Waals surface area contributed by atoms with Gasteiger partial charge < -0.3 is 15.4 Å². The Morgan fingerprint density at radius 3 is 2.67 bits per heavy atom. The Balaban J connectivity index is 2.10. The van der Waals surface area contributed by atoms with Gasteiger partial charge in [0, 0.05) is 23.7 Å². The molecule has 1 aliphatic rings. The van der Waals surface area contributed by atoms with Crippen molar-refractivity contribution in [3.63, 3.8) is 0 Å². The standard InChI is InChI=1S/C16H25N3OS/c1-18-8-6-14(7-9-18)19(2)11-13-10-12(16(17)21)4-5-15(13)20-3/h4-5,10,14H,6-9,11H2,1-3H3,(H2,17,21). The molecule has 0 bridgehead atoms. The predicted octanol–water partition coefficient (Wildman–Crippen LogP) is 1.86. The molecule has 1 aromatic rings. The first-order chi connectivity index (χ1) is 10.0. The van der Waals surface area contributed by atoms with E-state index in [1.165, 1.54) is 25.9 Å². The highest BCUT2D eigenvalue weighted by Gasteiger charge is 2.21. The van der Waals surface area contributed by atoms with Crippen LogP contribution in [0.4, 0.5) is 0 Å². The molecule has 2 N–H and O–H groups in total. The molecule has 1 aromatic carbocycles. The van der Waals surface area contributed by atoms with Crippen LogP contribution in [0.3, 0.4) is 0 Å². The van der Waals surface area contributed by atoms with Gasteiger partial charge in [-0.3, -0.25) is 4.90 Å². The Hall–Kier alpha value is -1.17. The van der Waals surface area contributed by atoms with Crippen molar-refractivity contribution >= 4 is 17.2 Å². The minimum Gasteiger partial charge on any atom is -0.496 e. The van der Waals surface area contributed by atoms with Gasteiger partial charge in [-0.05, 0) is 58.2 Å². The summed E-state index contributed by atoms with van der Waals surface area (Å²) in [4.78, 5) is 5.23. The zero-order valence-electron chi connectivity index (χ0n) is 13.1. The van der Waals surface area contributed by atoms with Crippen molar-refractivity contribution < 1.29 is 4.74 Å². The molecule has 5 heteroatoms. The zero-order valence-corrected chi connectivity index (χ0v) is 13.9. The molecule has 0 aromatic heterocycles. The SMILES string of the molecule is COc1ccc(C(N)=S)cc1CN(C)C1CCN(C)CC1. The van der Waals surface area contributed by atoms with Gasteiger partial charge in [-0.2, -0.15) is 0 Å². The third-order valence-corrected chi connectivity index (χ3v) is 4.53. The van der Waals surface area contributed by atoms with Gasteiger partial charge >= 0.3 is 0 Å². The predicted molar refractivity (Wildman–Crippen MR) is 90.9 cm³/mol. The molecule has 0 spiro atoms. The third-order valence-electron chi connectivity index (χ3n) is 4.30. The van der Waals surface area contributed by atoms with E-state index >= 15 is 0 Å². The number of nitrogens with two attached hydrogens (primary N) is 1. The minimum absolute atomic E-state index is 0.431. The monoisotopic (exact) mass is 307 g/mol. The van der Waals surface area contributed by atoms with Crippen LogP contribution in [0.2, 0.25) is 0 Å². The van der Waals surface area contributed by atoms with E-state index in [1.807, 2.05) is 18.2 Å². The summed E-state index contributed by atoms with van der Waals surface area (Å²) in [5, 5.41) is 0. The van der Waals surface area contributed by atoms with Gasteiger partial charge in [0.25, 0.3) is 0 Å². The Labute approximate surface area is 132 Å². The van der Waals surface area contributed by atoms with E-state index in [0.29, 0.717) is 11.0 Å². The van der Waals surface area contributed by atoms with Gasteiger partial charge in [0.05, 0.1) is 7.11 Å². The maximum Gasteiger partial charge on any atom is 0.123 e. The van der Waals surface area contributed by atoms with Crippen molar-refractivity contribution in [2.24, 2.45) is 5.73 Å². The van der Waals surface area contributed by atoms with Gasteiger partial charge in [0.1, 0.15) is 10.7 Å². The molecule has 116 valence electrons. The molecular weight excluding hydrogens is 282 g/mol. The molecule has 0 atom stereocenters. The van der Waals surface area contributed by atoms with Crippen LogP contribution in [-0.2, 0) is 6.54 Å². The lowest BCUT2D eigenvalue weighted by Gasteiger charge is -2.35. The number of thiocarbonyl (C=S) groups is 1. The number of rotatable bonds is 5. The van der Waals surface area contributed by atoms with E-state index < -0.39 is 0 Å². The highest BCUT2D eigenvalue weighted by molar-refractivity contribution is 7.80. The summed E-state index contributed by atoms with van der Waals surface area (Å²) in [7, 11) is 6.07. The molecular formula is C16H25N3OS. The van der Waals surface area contributed by atoms with Gasteiger partial charge in [0.15, 0.2) is 0 Å². The second-order valence-corrected chi connectivity index (χ2v) is 6.28. The van der Waals surface area contributed by atoms with Crippen LogP contribution in [0.15, 0.2) is 18.2 Å². The van der Waals surface area contributed by atoms with E-state index in [9.17, 15) is 0 Å². The Morgan fingerprint density at radius 2 is 2.10 bits per heavy atom. The first kappa shape index (κ1) is 16.2. The number of piperidine rings is 1. The van der Waals surface area contributed by atoms with Crippen molar-refractivity contribution in [1.82, 2.24) is 9.80 Å². The van der Waals surface area contributed by atoms with Crippen molar-refractivity contribution in [1.29, 1.82) is 0 Å². The summed E-state index contributed by atoms with van der Waals surface area (Å²) >= 11 is 5.07. The molecule has 0 saturated carbocycles. The first-order valence-electron chi connectivity index (χ1n) is 7.36. The van der Waals surface area contributed by atoms with Gasteiger partial charge in [-0.1, -0.05) is 12.2 Å². The van der Waals surface area contributed by atoms with Crippen molar-refractivity contribution in [2.45, 2.75) is 25.4 Å². The Kier molecular flexibility index (Phi) is 5.56. The lowest BCUT2D eigenvalue weighted by atomic mass is 10.0. The number of benzene rings is 1. The smallest absolute Gasteiger partial charge is 0.123 e. The molecule has 4 nitrogen and oxygen atoms in total. The number of hydrogen-bond donors (Lipinski definition) is 1. The average molecular weight is 307 g/mol. The van der Waals surface area contributed by atoms with Crippen LogP contribution in [0.5, 0.6) is 5.75 Å². The van der Waals surface area contributed by atoms with Crippen LogP contribution in [0.1, 0.15) is 24.0 Å². The molecule has 1 saturated heterocycles. The Bertz CT molecular complexity index is 498. The van der Waals surface area contributed by atoms with Gasteiger partial charge in [-0.15, -0.1) is 0 Å². The third kappa shape index (κ3) is 4.15. The van der Waals surface area contributed by atoms with Gasteiger partial charge in [0.2, 0.25) is 0 Å². The quantitative estimate of drug-likeness (QED) is 0.841. The van der Waals surface area contributed by atoms with Crippen molar-refractivity contribution in [3.05, 3.63) is 29.3 Å². The summed E-state index contributed by atoms with van der Waals surface area (Å²) in [6.45, 7) is 3.19. The number of methoxy groups -OCH3 is 1. The number of nitrogens with zero attached hydrogens (tertiary/aromatic N) is 2. The molecule has 0 amide bonds. The molecule has 1 heterocycles. The molecule has 1 fully saturated rings. The van der Waals surface area contributed by atoms with E-state index in [4.69, 9.17) is 22.7 Å². The number of ether oxygens (including phenoxy) is 1. The largest absolute Gasteiger partial charge is 0.496 e. The Morgan fingerprint density at radius 1 is 1.43 bits per heavy atom. The summed E-state index contributed by atoms with van der Waals surface area (Å²) in [5.41, 5.74) is 7.78. The van der Waals surface area contributed by atoms with Crippen LogP contribution in [0, 0.1) is 0 Å². The molecule has 0 aliphatic carbocycles. The fraction of sp³-hybridized carbons (Fsp3) is 0.562. The van der Waals surface area contributed by atoms with Crippen molar-refractivity contribution in [3.8, 4) is 5.75 Å². The maximum atomic E-state index is 5.73. The fourth-order valence-electron chi connectivity index (χ4n) is 2.89. The van der Waals surface area contributed by atoms with Crippen LogP contribution in [0.25, 0.3) is 0 Å².